The van der Waals surface area contributed by atoms with Gasteiger partial charge in [0.05, 0.1) is 6.04 Å². The van der Waals surface area contributed by atoms with Gasteiger partial charge in [0.25, 0.3) is 0 Å². The van der Waals surface area contributed by atoms with Gasteiger partial charge in [-0.15, -0.1) is 0 Å². The Morgan fingerprint density at radius 3 is 2.75 bits per heavy atom. The van der Waals surface area contributed by atoms with Crippen molar-refractivity contribution >= 4 is 5.91 Å². The molecule has 2 atom stereocenters. The number of nitrogens with one attached hydrogen (secondary N) is 2. The summed E-state index contributed by atoms with van der Waals surface area (Å²) in [5, 5.41) is 6.48. The standard InChI is InChI=1S/C16H31N3O/c1-13-7-6-10-19(11-13)16(2,3)12-18-15(20)14-8-4-5-9-17-14/h13-14,17H,4-12H2,1-3H3,(H,18,20)/t13?,14-/m1/s1. The van der Waals surface area contributed by atoms with Crippen molar-refractivity contribution in [2.24, 2.45) is 5.92 Å². The SMILES string of the molecule is CC1CCCN(C(C)(C)CNC(=O)[C@H]2CCCCN2)C1. The summed E-state index contributed by atoms with van der Waals surface area (Å²) in [5.74, 6) is 0.960. The molecule has 0 aromatic carbocycles. The smallest absolute Gasteiger partial charge is 0.237 e. The fourth-order valence-electron chi connectivity index (χ4n) is 3.35. The van der Waals surface area contributed by atoms with Crippen molar-refractivity contribution in [2.75, 3.05) is 26.2 Å². The number of amides is 1. The maximum Gasteiger partial charge on any atom is 0.237 e. The van der Waals surface area contributed by atoms with E-state index in [2.05, 4.69) is 36.3 Å². The van der Waals surface area contributed by atoms with E-state index in [-0.39, 0.29) is 17.5 Å². The van der Waals surface area contributed by atoms with E-state index in [0.29, 0.717) is 0 Å². The fraction of sp³-hybridized carbons (Fsp3) is 0.938. The van der Waals surface area contributed by atoms with Gasteiger partial charge < -0.3 is 10.6 Å². The minimum absolute atomic E-state index is 0.0276. The third-order valence-electron chi connectivity index (χ3n) is 4.84. The number of nitrogens with zero attached hydrogens (tertiary/aromatic N) is 1. The molecule has 2 fully saturated rings. The average molecular weight is 281 g/mol. The van der Waals surface area contributed by atoms with Crippen LogP contribution >= 0.6 is 0 Å². The van der Waals surface area contributed by atoms with Gasteiger partial charge in [0.2, 0.25) is 5.91 Å². The third kappa shape index (κ3) is 4.19. The van der Waals surface area contributed by atoms with Crippen LogP contribution in [-0.2, 0) is 4.79 Å². The Labute approximate surface area is 123 Å². The molecule has 0 bridgehead atoms. The second-order valence-corrected chi connectivity index (χ2v) is 7.23. The summed E-state index contributed by atoms with van der Waals surface area (Å²) in [7, 11) is 0. The Morgan fingerprint density at radius 1 is 1.30 bits per heavy atom. The van der Waals surface area contributed by atoms with E-state index >= 15 is 0 Å². The maximum absolute atomic E-state index is 12.2. The first kappa shape index (κ1) is 15.8. The van der Waals surface area contributed by atoms with Crippen LogP contribution in [0.2, 0.25) is 0 Å². The highest BCUT2D eigenvalue weighted by Gasteiger charge is 2.31. The van der Waals surface area contributed by atoms with E-state index in [1.54, 1.807) is 0 Å². The molecule has 2 rings (SSSR count). The van der Waals surface area contributed by atoms with Crippen molar-refractivity contribution in [3.8, 4) is 0 Å². The molecule has 0 aliphatic carbocycles. The molecular weight excluding hydrogens is 250 g/mol. The van der Waals surface area contributed by atoms with E-state index in [1.165, 1.54) is 19.3 Å². The van der Waals surface area contributed by atoms with E-state index in [0.717, 1.165) is 44.9 Å². The lowest BCUT2D eigenvalue weighted by Crippen LogP contribution is -2.56. The van der Waals surface area contributed by atoms with Crippen LogP contribution in [0.1, 0.15) is 52.9 Å². The zero-order valence-electron chi connectivity index (χ0n) is 13.4. The summed E-state index contributed by atoms with van der Waals surface area (Å²) in [5.41, 5.74) is 0.0546. The van der Waals surface area contributed by atoms with Gasteiger partial charge in [-0.3, -0.25) is 9.69 Å². The molecule has 2 aliphatic rings. The second-order valence-electron chi connectivity index (χ2n) is 7.23. The van der Waals surface area contributed by atoms with E-state index in [9.17, 15) is 4.79 Å². The van der Waals surface area contributed by atoms with Gasteiger partial charge in [-0.2, -0.15) is 0 Å². The molecule has 2 aliphatic heterocycles. The molecule has 0 radical (unpaired) electrons. The number of carbonyl (C=O) groups excluding carboxylic acids is 1. The first-order chi connectivity index (χ1) is 9.49. The predicted octanol–water partition coefficient (Wildman–Crippen LogP) is 1.76. The first-order valence-corrected chi connectivity index (χ1v) is 8.25. The van der Waals surface area contributed by atoms with Crippen molar-refractivity contribution in [3.05, 3.63) is 0 Å². The molecular formula is C16H31N3O. The molecule has 116 valence electrons. The Kier molecular flexibility index (Phi) is 5.44. The van der Waals surface area contributed by atoms with Crippen LogP contribution in [0.4, 0.5) is 0 Å². The Bertz CT molecular complexity index is 324. The molecule has 0 aromatic rings. The van der Waals surface area contributed by atoms with Crippen LogP contribution in [0.3, 0.4) is 0 Å². The van der Waals surface area contributed by atoms with Gasteiger partial charge in [0.1, 0.15) is 0 Å². The van der Waals surface area contributed by atoms with Crippen LogP contribution in [0, 0.1) is 5.92 Å². The molecule has 0 saturated carbocycles. The van der Waals surface area contributed by atoms with Gasteiger partial charge in [-0.1, -0.05) is 13.3 Å². The molecule has 2 heterocycles. The number of hydrogen-bond donors (Lipinski definition) is 2. The lowest BCUT2D eigenvalue weighted by molar-refractivity contribution is -0.124. The maximum atomic E-state index is 12.2. The Balaban J connectivity index is 1.80. The number of rotatable bonds is 4. The summed E-state index contributed by atoms with van der Waals surface area (Å²) < 4.78 is 0. The molecule has 2 N–H and O–H groups in total. The van der Waals surface area contributed by atoms with E-state index in [4.69, 9.17) is 0 Å². The fourth-order valence-corrected chi connectivity index (χ4v) is 3.35. The molecule has 4 heteroatoms. The number of hydrogen-bond acceptors (Lipinski definition) is 3. The lowest BCUT2D eigenvalue weighted by atomic mass is 9.93. The molecule has 0 aromatic heterocycles. The molecule has 20 heavy (non-hydrogen) atoms. The Hall–Kier alpha value is -0.610. The highest BCUT2D eigenvalue weighted by molar-refractivity contribution is 5.81. The van der Waals surface area contributed by atoms with Crippen molar-refractivity contribution in [1.82, 2.24) is 15.5 Å². The van der Waals surface area contributed by atoms with Crippen LogP contribution in [-0.4, -0.2) is 48.6 Å². The van der Waals surface area contributed by atoms with Crippen molar-refractivity contribution < 1.29 is 4.79 Å². The molecule has 1 unspecified atom stereocenters. The summed E-state index contributed by atoms with van der Waals surface area (Å²) in [6.45, 7) is 10.9. The zero-order chi connectivity index (χ0) is 14.6. The van der Waals surface area contributed by atoms with E-state index < -0.39 is 0 Å². The van der Waals surface area contributed by atoms with Gasteiger partial charge in [0, 0.05) is 18.6 Å². The summed E-state index contributed by atoms with van der Waals surface area (Å²) in [4.78, 5) is 14.7. The highest BCUT2D eigenvalue weighted by atomic mass is 16.2. The summed E-state index contributed by atoms with van der Waals surface area (Å²) in [6, 6.07) is 0.0276. The van der Waals surface area contributed by atoms with Crippen LogP contribution in [0.15, 0.2) is 0 Å². The average Bonchev–Trinajstić information content (AvgIpc) is 2.46. The van der Waals surface area contributed by atoms with Crippen molar-refractivity contribution in [3.63, 3.8) is 0 Å². The van der Waals surface area contributed by atoms with Crippen LogP contribution < -0.4 is 10.6 Å². The minimum atomic E-state index is 0.0276. The zero-order valence-corrected chi connectivity index (χ0v) is 13.4. The van der Waals surface area contributed by atoms with Gasteiger partial charge in [-0.05, 0) is 58.5 Å². The summed E-state index contributed by atoms with van der Waals surface area (Å²) in [6.07, 6.45) is 5.96. The third-order valence-corrected chi connectivity index (χ3v) is 4.84. The normalized spacial score (nSPS) is 29.1. The van der Waals surface area contributed by atoms with Crippen LogP contribution in [0.5, 0.6) is 0 Å². The van der Waals surface area contributed by atoms with Crippen molar-refractivity contribution in [1.29, 1.82) is 0 Å². The molecule has 0 spiro atoms. The van der Waals surface area contributed by atoms with Crippen molar-refractivity contribution in [2.45, 2.75) is 64.5 Å². The highest BCUT2D eigenvalue weighted by Crippen LogP contribution is 2.23. The largest absolute Gasteiger partial charge is 0.353 e. The minimum Gasteiger partial charge on any atom is -0.353 e. The molecule has 4 nitrogen and oxygen atoms in total. The monoisotopic (exact) mass is 281 g/mol. The van der Waals surface area contributed by atoms with Gasteiger partial charge in [0.15, 0.2) is 0 Å². The molecule has 1 amide bonds. The number of carbonyl (C=O) groups is 1. The topological polar surface area (TPSA) is 44.4 Å². The predicted molar refractivity (Wildman–Crippen MR) is 82.7 cm³/mol. The first-order valence-electron chi connectivity index (χ1n) is 8.25. The van der Waals surface area contributed by atoms with Crippen LogP contribution in [0.25, 0.3) is 0 Å². The van der Waals surface area contributed by atoms with Gasteiger partial charge in [-0.25, -0.2) is 0 Å². The molecule has 2 saturated heterocycles. The quantitative estimate of drug-likeness (QED) is 0.825. The van der Waals surface area contributed by atoms with E-state index in [1.807, 2.05) is 0 Å². The summed E-state index contributed by atoms with van der Waals surface area (Å²) >= 11 is 0. The lowest BCUT2D eigenvalue weighted by Gasteiger charge is -2.43. The number of piperidine rings is 2. The Morgan fingerprint density at radius 2 is 2.10 bits per heavy atom. The number of likely N-dealkylation sites (tertiary alicyclic amines) is 1. The van der Waals surface area contributed by atoms with Gasteiger partial charge >= 0.3 is 0 Å². The second kappa shape index (κ2) is 6.90.